The number of aliphatic imine (C=N–C) groups is 1. The van der Waals surface area contributed by atoms with Crippen molar-refractivity contribution in [2.75, 3.05) is 26.2 Å². The van der Waals surface area contributed by atoms with Gasteiger partial charge in [-0.15, -0.1) is 0 Å². The second-order valence-corrected chi connectivity index (χ2v) is 5.17. The van der Waals surface area contributed by atoms with E-state index < -0.39 is 12.6 Å². The van der Waals surface area contributed by atoms with Crippen molar-refractivity contribution in [3.8, 4) is 0 Å². The van der Waals surface area contributed by atoms with Gasteiger partial charge in [0.15, 0.2) is 5.96 Å². The molecule has 0 aromatic carbocycles. The Bertz CT molecular complexity index is 302. The Balaban J connectivity index is 4.62. The van der Waals surface area contributed by atoms with E-state index in [1.165, 1.54) is 0 Å². The van der Waals surface area contributed by atoms with Crippen molar-refractivity contribution in [1.29, 1.82) is 0 Å². The average molecular weight is 311 g/mol. The first-order chi connectivity index (χ1) is 9.82. The molecule has 0 spiro atoms. The summed E-state index contributed by atoms with van der Waals surface area (Å²) in [5, 5.41) is 14.8. The summed E-state index contributed by atoms with van der Waals surface area (Å²) in [6, 6.07) is 0. The van der Waals surface area contributed by atoms with Gasteiger partial charge in [-0.05, 0) is 31.6 Å². The number of hydrogen-bond donors (Lipinski definition) is 3. The number of hydrogen-bond acceptors (Lipinski definition) is 2. The maximum absolute atomic E-state index is 12.1. The van der Waals surface area contributed by atoms with E-state index >= 15 is 0 Å². The molecule has 0 bridgehead atoms. The molecule has 0 fully saturated rings. The molecule has 0 aliphatic heterocycles. The van der Waals surface area contributed by atoms with Crippen molar-refractivity contribution in [3.05, 3.63) is 0 Å². The molecule has 0 rings (SSSR count). The summed E-state index contributed by atoms with van der Waals surface area (Å²) < 4.78 is 36.4. The summed E-state index contributed by atoms with van der Waals surface area (Å²) in [4.78, 5) is 4.38. The van der Waals surface area contributed by atoms with Crippen LogP contribution < -0.4 is 10.6 Å². The molecule has 0 aromatic heterocycles. The Morgan fingerprint density at radius 2 is 1.67 bits per heavy atom. The Kier molecular flexibility index (Phi) is 9.41. The van der Waals surface area contributed by atoms with E-state index in [0.29, 0.717) is 25.5 Å². The van der Waals surface area contributed by atoms with Crippen LogP contribution in [0.5, 0.6) is 0 Å². The van der Waals surface area contributed by atoms with Crippen LogP contribution in [0.3, 0.4) is 0 Å². The van der Waals surface area contributed by atoms with Crippen LogP contribution in [0.25, 0.3) is 0 Å². The van der Waals surface area contributed by atoms with Crippen LogP contribution in [-0.2, 0) is 0 Å². The number of aliphatic hydroxyl groups is 1. The first kappa shape index (κ1) is 20.0. The number of halogens is 3. The minimum atomic E-state index is -4.17. The number of guanidine groups is 1. The van der Waals surface area contributed by atoms with E-state index in [9.17, 15) is 13.2 Å². The summed E-state index contributed by atoms with van der Waals surface area (Å²) >= 11 is 0. The van der Waals surface area contributed by atoms with Crippen LogP contribution in [0.1, 0.15) is 46.5 Å². The fourth-order valence-corrected chi connectivity index (χ4v) is 2.05. The molecule has 0 heterocycles. The Morgan fingerprint density at radius 3 is 2.10 bits per heavy atom. The number of alkyl halides is 3. The molecule has 126 valence electrons. The zero-order chi connectivity index (χ0) is 16.4. The van der Waals surface area contributed by atoms with Crippen LogP contribution >= 0.6 is 0 Å². The number of aliphatic hydroxyl groups excluding tert-OH is 1. The summed E-state index contributed by atoms with van der Waals surface area (Å²) in [5.74, 6) is 0.394. The monoisotopic (exact) mass is 311 g/mol. The third-order valence-corrected chi connectivity index (χ3v) is 3.76. The molecule has 0 radical (unpaired) electrons. The standard InChI is InChI=1S/C14H28F3N3O/c1-4-13(5-2,8-10-21)11-20-12(18-6-3)19-9-7-14(15,16)17/h21H,4-11H2,1-3H3,(H2,18,19,20). The maximum atomic E-state index is 12.1. The predicted molar refractivity (Wildman–Crippen MR) is 79.4 cm³/mol. The van der Waals surface area contributed by atoms with Gasteiger partial charge in [0, 0.05) is 26.2 Å². The van der Waals surface area contributed by atoms with Crippen molar-refractivity contribution in [2.45, 2.75) is 52.6 Å². The molecule has 0 aromatic rings. The molecule has 0 atom stereocenters. The van der Waals surface area contributed by atoms with Crippen molar-refractivity contribution < 1.29 is 18.3 Å². The molecule has 0 saturated heterocycles. The SMILES string of the molecule is CCNC(=NCC(CC)(CC)CCO)NCCC(F)(F)F. The second-order valence-electron chi connectivity index (χ2n) is 5.17. The highest BCUT2D eigenvalue weighted by molar-refractivity contribution is 5.79. The molecule has 21 heavy (non-hydrogen) atoms. The molecule has 0 amide bonds. The van der Waals surface area contributed by atoms with E-state index in [1.807, 2.05) is 20.8 Å². The smallest absolute Gasteiger partial charge is 0.390 e. The highest BCUT2D eigenvalue weighted by atomic mass is 19.4. The van der Waals surface area contributed by atoms with Crippen molar-refractivity contribution in [1.82, 2.24) is 10.6 Å². The highest BCUT2D eigenvalue weighted by Crippen LogP contribution is 2.30. The molecule has 0 unspecified atom stereocenters. The summed E-state index contributed by atoms with van der Waals surface area (Å²) in [6.07, 6.45) is -2.67. The van der Waals surface area contributed by atoms with Gasteiger partial charge >= 0.3 is 6.18 Å². The van der Waals surface area contributed by atoms with E-state index in [2.05, 4.69) is 15.6 Å². The predicted octanol–water partition coefficient (Wildman–Crippen LogP) is 2.68. The van der Waals surface area contributed by atoms with Gasteiger partial charge in [0.05, 0.1) is 6.42 Å². The van der Waals surface area contributed by atoms with Crippen LogP contribution in [0, 0.1) is 5.41 Å². The van der Waals surface area contributed by atoms with Gasteiger partial charge in [-0.25, -0.2) is 0 Å². The lowest BCUT2D eigenvalue weighted by molar-refractivity contribution is -0.132. The largest absolute Gasteiger partial charge is 0.396 e. The zero-order valence-corrected chi connectivity index (χ0v) is 13.2. The van der Waals surface area contributed by atoms with Crippen LogP contribution in [0.15, 0.2) is 4.99 Å². The fraction of sp³-hybridized carbons (Fsp3) is 0.929. The molecule has 4 nitrogen and oxygen atoms in total. The summed E-state index contributed by atoms with van der Waals surface area (Å²) in [5.41, 5.74) is -0.0961. The normalized spacial score (nSPS) is 13.4. The van der Waals surface area contributed by atoms with Gasteiger partial charge in [0.25, 0.3) is 0 Å². The molecule has 0 aliphatic rings. The second kappa shape index (κ2) is 9.87. The van der Waals surface area contributed by atoms with E-state index in [1.54, 1.807) is 0 Å². The zero-order valence-electron chi connectivity index (χ0n) is 13.2. The van der Waals surface area contributed by atoms with Crippen molar-refractivity contribution in [3.63, 3.8) is 0 Å². The first-order valence-electron chi connectivity index (χ1n) is 7.52. The van der Waals surface area contributed by atoms with Crippen LogP contribution in [-0.4, -0.2) is 43.5 Å². The van der Waals surface area contributed by atoms with Crippen molar-refractivity contribution >= 4 is 5.96 Å². The summed E-state index contributed by atoms with van der Waals surface area (Å²) in [6.45, 7) is 6.92. The molecular formula is C14H28F3N3O. The number of rotatable bonds is 9. The fourth-order valence-electron chi connectivity index (χ4n) is 2.05. The molecule has 0 saturated carbocycles. The Morgan fingerprint density at radius 1 is 1.05 bits per heavy atom. The minimum Gasteiger partial charge on any atom is -0.396 e. The van der Waals surface area contributed by atoms with E-state index in [-0.39, 0.29) is 18.6 Å². The average Bonchev–Trinajstić information content (AvgIpc) is 2.42. The number of nitrogens with zero attached hydrogens (tertiary/aromatic N) is 1. The molecule has 3 N–H and O–H groups in total. The first-order valence-corrected chi connectivity index (χ1v) is 7.52. The third kappa shape index (κ3) is 8.80. The van der Waals surface area contributed by atoms with Crippen LogP contribution in [0.2, 0.25) is 0 Å². The van der Waals surface area contributed by atoms with Gasteiger partial charge < -0.3 is 15.7 Å². The summed E-state index contributed by atoms with van der Waals surface area (Å²) in [7, 11) is 0. The quantitative estimate of drug-likeness (QED) is 0.453. The topological polar surface area (TPSA) is 56.7 Å². The highest BCUT2D eigenvalue weighted by Gasteiger charge is 2.27. The number of nitrogens with one attached hydrogen (secondary N) is 2. The maximum Gasteiger partial charge on any atom is 0.390 e. The molecule has 0 aliphatic carbocycles. The Labute approximate surface area is 125 Å². The Hall–Kier alpha value is -0.980. The van der Waals surface area contributed by atoms with E-state index in [0.717, 1.165) is 12.8 Å². The van der Waals surface area contributed by atoms with Gasteiger partial charge in [-0.2, -0.15) is 13.2 Å². The van der Waals surface area contributed by atoms with Gasteiger partial charge in [-0.1, -0.05) is 13.8 Å². The van der Waals surface area contributed by atoms with Crippen molar-refractivity contribution in [2.24, 2.45) is 10.4 Å². The molecular weight excluding hydrogens is 283 g/mol. The molecule has 7 heteroatoms. The van der Waals surface area contributed by atoms with E-state index in [4.69, 9.17) is 5.11 Å². The lowest BCUT2D eigenvalue weighted by Gasteiger charge is -2.29. The van der Waals surface area contributed by atoms with Gasteiger partial charge in [-0.3, -0.25) is 4.99 Å². The van der Waals surface area contributed by atoms with Crippen LogP contribution in [0.4, 0.5) is 13.2 Å². The third-order valence-electron chi connectivity index (χ3n) is 3.76. The van der Waals surface area contributed by atoms with Gasteiger partial charge in [0.1, 0.15) is 0 Å². The van der Waals surface area contributed by atoms with Gasteiger partial charge in [0.2, 0.25) is 0 Å². The lowest BCUT2D eigenvalue weighted by Crippen LogP contribution is -2.40. The minimum absolute atomic E-state index is 0.0925. The lowest BCUT2D eigenvalue weighted by atomic mass is 9.79.